The van der Waals surface area contributed by atoms with E-state index in [0.717, 1.165) is 29.3 Å². The molecule has 0 unspecified atom stereocenters. The van der Waals surface area contributed by atoms with Gasteiger partial charge < -0.3 is 15.2 Å². The molecular formula is C13H21Cl2NO2. The van der Waals surface area contributed by atoms with Crippen molar-refractivity contribution in [1.29, 1.82) is 0 Å². The number of nitrogens with one attached hydrogen (secondary N) is 1. The molecule has 1 rings (SSSR count). The normalized spacial score (nSPS) is 11.8. The fraction of sp³-hybridized carbons (Fsp3) is 0.538. The SMILES string of the molecule is CC[C@H](CO)NCCOc1ccc(Cl)c(C)c1.Cl. The van der Waals surface area contributed by atoms with E-state index >= 15 is 0 Å². The number of benzene rings is 1. The molecular weight excluding hydrogens is 273 g/mol. The van der Waals surface area contributed by atoms with Crippen LogP contribution in [0.25, 0.3) is 0 Å². The van der Waals surface area contributed by atoms with E-state index in [1.54, 1.807) is 0 Å². The number of ether oxygens (including phenoxy) is 1. The highest BCUT2D eigenvalue weighted by Crippen LogP contribution is 2.20. The van der Waals surface area contributed by atoms with Crippen molar-refractivity contribution < 1.29 is 9.84 Å². The van der Waals surface area contributed by atoms with Gasteiger partial charge in [-0.2, -0.15) is 0 Å². The minimum atomic E-state index is 0. The van der Waals surface area contributed by atoms with Gasteiger partial charge in [0.05, 0.1) is 6.61 Å². The summed E-state index contributed by atoms with van der Waals surface area (Å²) in [6.07, 6.45) is 0.913. The zero-order valence-electron chi connectivity index (χ0n) is 10.8. The number of aryl methyl sites for hydroxylation is 1. The molecule has 1 atom stereocenters. The topological polar surface area (TPSA) is 41.5 Å². The Morgan fingerprint density at radius 3 is 2.72 bits per heavy atom. The first-order valence-corrected chi connectivity index (χ1v) is 6.28. The van der Waals surface area contributed by atoms with Gasteiger partial charge in [0.15, 0.2) is 0 Å². The number of hydrogen-bond acceptors (Lipinski definition) is 3. The Kier molecular flexibility index (Phi) is 9.20. The van der Waals surface area contributed by atoms with Gasteiger partial charge in [-0.15, -0.1) is 12.4 Å². The summed E-state index contributed by atoms with van der Waals surface area (Å²) in [5.41, 5.74) is 1.01. The van der Waals surface area contributed by atoms with E-state index in [1.807, 2.05) is 32.0 Å². The average Bonchev–Trinajstić information content (AvgIpc) is 2.34. The van der Waals surface area contributed by atoms with E-state index in [0.29, 0.717) is 6.61 Å². The summed E-state index contributed by atoms with van der Waals surface area (Å²) in [6.45, 7) is 5.46. The standard InChI is InChI=1S/C13H20ClNO2.ClH/c1-3-11(9-16)15-6-7-17-12-4-5-13(14)10(2)8-12;/h4-5,8,11,15-16H,3,6-7,9H2,1-2H3;1H/t11-;/m1./s1. The molecule has 0 aromatic heterocycles. The summed E-state index contributed by atoms with van der Waals surface area (Å²) >= 11 is 5.93. The molecule has 18 heavy (non-hydrogen) atoms. The van der Waals surface area contributed by atoms with E-state index in [-0.39, 0.29) is 25.1 Å². The van der Waals surface area contributed by atoms with Crippen LogP contribution < -0.4 is 10.1 Å². The van der Waals surface area contributed by atoms with Crippen molar-refractivity contribution in [2.45, 2.75) is 26.3 Å². The zero-order valence-corrected chi connectivity index (χ0v) is 12.4. The van der Waals surface area contributed by atoms with Crippen LogP contribution >= 0.6 is 24.0 Å². The maximum atomic E-state index is 8.99. The lowest BCUT2D eigenvalue weighted by Crippen LogP contribution is -2.34. The third kappa shape index (κ3) is 5.91. The van der Waals surface area contributed by atoms with Crippen molar-refractivity contribution in [3.63, 3.8) is 0 Å². The van der Waals surface area contributed by atoms with Crippen molar-refractivity contribution in [3.05, 3.63) is 28.8 Å². The molecule has 5 heteroatoms. The van der Waals surface area contributed by atoms with Crippen molar-refractivity contribution in [2.75, 3.05) is 19.8 Å². The minimum absolute atomic E-state index is 0. The monoisotopic (exact) mass is 293 g/mol. The van der Waals surface area contributed by atoms with Crippen LogP contribution in [0.2, 0.25) is 5.02 Å². The van der Waals surface area contributed by atoms with Gasteiger partial charge in [0.25, 0.3) is 0 Å². The van der Waals surface area contributed by atoms with Crippen LogP contribution in [0.15, 0.2) is 18.2 Å². The third-order valence-electron chi connectivity index (χ3n) is 2.65. The average molecular weight is 294 g/mol. The van der Waals surface area contributed by atoms with Crippen molar-refractivity contribution in [1.82, 2.24) is 5.32 Å². The molecule has 0 saturated carbocycles. The van der Waals surface area contributed by atoms with Crippen molar-refractivity contribution in [2.24, 2.45) is 0 Å². The van der Waals surface area contributed by atoms with Crippen molar-refractivity contribution >= 4 is 24.0 Å². The molecule has 104 valence electrons. The molecule has 0 bridgehead atoms. The van der Waals surface area contributed by atoms with Gasteiger partial charge in [-0.1, -0.05) is 18.5 Å². The Balaban J connectivity index is 0.00000289. The quantitative estimate of drug-likeness (QED) is 0.760. The Morgan fingerprint density at radius 1 is 1.44 bits per heavy atom. The molecule has 2 N–H and O–H groups in total. The van der Waals surface area contributed by atoms with Gasteiger partial charge in [-0.05, 0) is 37.1 Å². The summed E-state index contributed by atoms with van der Waals surface area (Å²) in [4.78, 5) is 0. The highest BCUT2D eigenvalue weighted by atomic mass is 35.5. The lowest BCUT2D eigenvalue weighted by atomic mass is 10.2. The second-order valence-electron chi connectivity index (χ2n) is 4.00. The van der Waals surface area contributed by atoms with Crippen LogP contribution in [-0.4, -0.2) is 30.9 Å². The predicted molar refractivity (Wildman–Crippen MR) is 78.1 cm³/mol. The first-order chi connectivity index (χ1) is 8.17. The summed E-state index contributed by atoms with van der Waals surface area (Å²) in [5.74, 6) is 0.825. The van der Waals surface area contributed by atoms with Gasteiger partial charge in [0.2, 0.25) is 0 Å². The van der Waals surface area contributed by atoms with Crippen LogP contribution in [0.5, 0.6) is 5.75 Å². The number of aliphatic hydroxyl groups is 1. The molecule has 3 nitrogen and oxygen atoms in total. The zero-order chi connectivity index (χ0) is 12.7. The van der Waals surface area contributed by atoms with Gasteiger partial charge in [-0.3, -0.25) is 0 Å². The molecule has 1 aromatic rings. The maximum Gasteiger partial charge on any atom is 0.119 e. The molecule has 0 saturated heterocycles. The smallest absolute Gasteiger partial charge is 0.119 e. The third-order valence-corrected chi connectivity index (χ3v) is 3.07. The molecule has 0 amide bonds. The second kappa shape index (κ2) is 9.45. The molecule has 1 aromatic carbocycles. The minimum Gasteiger partial charge on any atom is -0.492 e. The first kappa shape index (κ1) is 17.5. The maximum absolute atomic E-state index is 8.99. The fourth-order valence-corrected chi connectivity index (χ4v) is 1.59. The molecule has 0 fully saturated rings. The van der Waals surface area contributed by atoms with Gasteiger partial charge >= 0.3 is 0 Å². The lowest BCUT2D eigenvalue weighted by molar-refractivity contribution is 0.227. The van der Waals surface area contributed by atoms with Crippen LogP contribution in [0.1, 0.15) is 18.9 Å². The van der Waals surface area contributed by atoms with E-state index in [2.05, 4.69) is 5.32 Å². The van der Waals surface area contributed by atoms with Crippen LogP contribution in [0, 0.1) is 6.92 Å². The number of aliphatic hydroxyl groups excluding tert-OH is 1. The summed E-state index contributed by atoms with van der Waals surface area (Å²) in [5, 5.41) is 13.0. The lowest BCUT2D eigenvalue weighted by Gasteiger charge is -2.14. The summed E-state index contributed by atoms with van der Waals surface area (Å²) in [6, 6.07) is 5.78. The molecule has 0 aliphatic heterocycles. The first-order valence-electron chi connectivity index (χ1n) is 5.90. The van der Waals surface area contributed by atoms with Crippen LogP contribution in [0.4, 0.5) is 0 Å². The highest BCUT2D eigenvalue weighted by Gasteiger charge is 2.03. The predicted octanol–water partition coefficient (Wildman–Crippen LogP) is 2.81. The van der Waals surface area contributed by atoms with E-state index in [1.165, 1.54) is 0 Å². The van der Waals surface area contributed by atoms with Crippen LogP contribution in [0.3, 0.4) is 0 Å². The number of hydrogen-bond donors (Lipinski definition) is 2. The van der Waals surface area contributed by atoms with Gasteiger partial charge in [-0.25, -0.2) is 0 Å². The molecule has 0 aliphatic rings. The van der Waals surface area contributed by atoms with E-state index in [4.69, 9.17) is 21.4 Å². The largest absolute Gasteiger partial charge is 0.492 e. The number of halogens is 2. The van der Waals surface area contributed by atoms with Crippen LogP contribution in [-0.2, 0) is 0 Å². The summed E-state index contributed by atoms with van der Waals surface area (Å²) < 4.78 is 5.58. The summed E-state index contributed by atoms with van der Waals surface area (Å²) in [7, 11) is 0. The molecule has 0 aliphatic carbocycles. The highest BCUT2D eigenvalue weighted by molar-refractivity contribution is 6.31. The molecule has 0 spiro atoms. The molecule has 0 radical (unpaired) electrons. The number of rotatable bonds is 7. The molecule has 0 heterocycles. The van der Waals surface area contributed by atoms with Gasteiger partial charge in [0, 0.05) is 17.6 Å². The second-order valence-corrected chi connectivity index (χ2v) is 4.41. The Hall–Kier alpha value is -0.480. The van der Waals surface area contributed by atoms with Crippen molar-refractivity contribution in [3.8, 4) is 5.75 Å². The Bertz CT molecular complexity index is 344. The Labute approximate surface area is 120 Å². The van der Waals surface area contributed by atoms with Gasteiger partial charge in [0.1, 0.15) is 12.4 Å². The Morgan fingerprint density at radius 2 is 2.17 bits per heavy atom. The van der Waals surface area contributed by atoms with E-state index in [9.17, 15) is 0 Å². The van der Waals surface area contributed by atoms with E-state index < -0.39 is 0 Å². The fourth-order valence-electron chi connectivity index (χ4n) is 1.48.